The molecule has 4 rings (SSSR count). The van der Waals surface area contributed by atoms with Crippen LogP contribution in [0.25, 0.3) is 22.2 Å². The van der Waals surface area contributed by atoms with Crippen LogP contribution in [0.15, 0.2) is 34.9 Å². The Morgan fingerprint density at radius 1 is 1.21 bits per heavy atom. The molecule has 2 aromatic heterocycles. The van der Waals surface area contributed by atoms with Crippen LogP contribution in [-0.4, -0.2) is 45.6 Å². The van der Waals surface area contributed by atoms with E-state index >= 15 is 0 Å². The zero-order chi connectivity index (χ0) is 20.4. The fourth-order valence-electron chi connectivity index (χ4n) is 3.88. The largest absolute Gasteiger partial charge is 0.421 e. The lowest BCUT2D eigenvalue weighted by Crippen LogP contribution is -2.39. The highest BCUT2D eigenvalue weighted by Gasteiger charge is 2.25. The Morgan fingerprint density at radius 2 is 2.00 bits per heavy atom. The lowest BCUT2D eigenvalue weighted by Gasteiger charge is -2.32. The van der Waals surface area contributed by atoms with Gasteiger partial charge in [-0.2, -0.15) is 0 Å². The fraction of sp³-hybridized carbons (Fsp3) is 0.455. The number of pyridine rings is 1. The van der Waals surface area contributed by atoms with Crippen molar-refractivity contribution in [2.24, 2.45) is 11.8 Å². The molecule has 1 fully saturated rings. The number of aromatic nitrogens is 3. The maximum absolute atomic E-state index is 12.7. The van der Waals surface area contributed by atoms with E-state index in [0.717, 1.165) is 48.8 Å². The number of rotatable bonds is 5. The van der Waals surface area contributed by atoms with Crippen LogP contribution in [0.5, 0.6) is 0 Å². The highest BCUT2D eigenvalue weighted by Crippen LogP contribution is 2.25. The standard InChI is InChI=1S/C22H27N5O2/c1-14(2)13-27-8-6-16(7-9-27)21(28)24-20-11-19-10-17(4-5-18(19)12-23-20)22-26-25-15(3)29-22/h4-5,10-12,14,16H,6-9,13H2,1-3H3,(H,23,24,28). The van der Waals surface area contributed by atoms with E-state index in [9.17, 15) is 4.79 Å². The first-order valence-electron chi connectivity index (χ1n) is 10.2. The first-order valence-corrected chi connectivity index (χ1v) is 10.2. The van der Waals surface area contributed by atoms with E-state index < -0.39 is 0 Å². The van der Waals surface area contributed by atoms with Gasteiger partial charge in [0.05, 0.1) is 0 Å². The molecular formula is C22H27N5O2. The summed E-state index contributed by atoms with van der Waals surface area (Å²) in [6.07, 6.45) is 3.57. The maximum Gasteiger partial charge on any atom is 0.247 e. The van der Waals surface area contributed by atoms with E-state index in [4.69, 9.17) is 4.42 Å². The third kappa shape index (κ3) is 4.62. The van der Waals surface area contributed by atoms with E-state index in [2.05, 4.69) is 39.2 Å². The second-order valence-electron chi connectivity index (χ2n) is 8.22. The van der Waals surface area contributed by atoms with Gasteiger partial charge in [0, 0.05) is 36.5 Å². The molecule has 0 spiro atoms. The van der Waals surface area contributed by atoms with E-state index in [1.165, 1.54) is 0 Å². The van der Waals surface area contributed by atoms with Crippen molar-refractivity contribution in [2.75, 3.05) is 25.0 Å². The van der Waals surface area contributed by atoms with Gasteiger partial charge in [-0.1, -0.05) is 19.9 Å². The molecule has 0 radical (unpaired) electrons. The minimum atomic E-state index is 0.0450. The summed E-state index contributed by atoms with van der Waals surface area (Å²) in [5.41, 5.74) is 0.846. The highest BCUT2D eigenvalue weighted by molar-refractivity contribution is 5.94. The molecule has 29 heavy (non-hydrogen) atoms. The van der Waals surface area contributed by atoms with Crippen molar-refractivity contribution in [2.45, 2.75) is 33.6 Å². The van der Waals surface area contributed by atoms with E-state index in [0.29, 0.717) is 23.5 Å². The monoisotopic (exact) mass is 393 g/mol. The van der Waals surface area contributed by atoms with Gasteiger partial charge >= 0.3 is 0 Å². The SMILES string of the molecule is Cc1nnc(-c2ccc3cnc(NC(=O)C4CCN(CC(C)C)CC4)cc3c2)o1. The van der Waals surface area contributed by atoms with Crippen molar-refractivity contribution >= 4 is 22.5 Å². The molecular weight excluding hydrogens is 366 g/mol. The zero-order valence-electron chi connectivity index (χ0n) is 17.2. The van der Waals surface area contributed by atoms with Crippen LogP contribution in [0.4, 0.5) is 5.82 Å². The van der Waals surface area contributed by atoms with Crippen LogP contribution in [0, 0.1) is 18.8 Å². The molecule has 1 aromatic carbocycles. The molecule has 152 valence electrons. The molecule has 1 aliphatic rings. The molecule has 0 atom stereocenters. The van der Waals surface area contributed by atoms with Crippen LogP contribution < -0.4 is 5.32 Å². The molecule has 7 heteroatoms. The molecule has 1 saturated heterocycles. The molecule has 7 nitrogen and oxygen atoms in total. The fourth-order valence-corrected chi connectivity index (χ4v) is 3.88. The van der Waals surface area contributed by atoms with Crippen molar-refractivity contribution in [1.82, 2.24) is 20.1 Å². The topological polar surface area (TPSA) is 84.2 Å². The van der Waals surface area contributed by atoms with Crippen molar-refractivity contribution in [1.29, 1.82) is 0 Å². The Balaban J connectivity index is 1.44. The van der Waals surface area contributed by atoms with Gasteiger partial charge in [-0.05, 0) is 55.4 Å². The number of anilines is 1. The number of fused-ring (bicyclic) bond motifs is 1. The van der Waals surface area contributed by atoms with Gasteiger partial charge in [0.2, 0.25) is 17.7 Å². The van der Waals surface area contributed by atoms with Crippen LogP contribution >= 0.6 is 0 Å². The summed E-state index contributed by atoms with van der Waals surface area (Å²) >= 11 is 0. The van der Waals surface area contributed by atoms with Crippen LogP contribution in [0.3, 0.4) is 0 Å². The van der Waals surface area contributed by atoms with Gasteiger partial charge in [-0.25, -0.2) is 4.98 Å². The third-order valence-electron chi connectivity index (χ3n) is 5.33. The highest BCUT2D eigenvalue weighted by atomic mass is 16.4. The Kier molecular flexibility index (Phi) is 5.58. The minimum absolute atomic E-state index is 0.0450. The molecule has 0 aliphatic carbocycles. The normalized spacial score (nSPS) is 15.9. The van der Waals surface area contributed by atoms with Crippen molar-refractivity contribution in [3.63, 3.8) is 0 Å². The number of nitrogens with zero attached hydrogens (tertiary/aromatic N) is 4. The molecule has 0 bridgehead atoms. The number of nitrogens with one attached hydrogen (secondary N) is 1. The summed E-state index contributed by atoms with van der Waals surface area (Å²) in [5.74, 6) is 2.35. The number of benzene rings is 1. The predicted octanol–water partition coefficient (Wildman–Crippen LogP) is 3.90. The number of piperidine rings is 1. The Morgan fingerprint density at radius 3 is 2.69 bits per heavy atom. The summed E-state index contributed by atoms with van der Waals surface area (Å²) in [7, 11) is 0. The Hall–Kier alpha value is -2.80. The Bertz CT molecular complexity index is 1010. The number of hydrogen-bond donors (Lipinski definition) is 1. The number of amides is 1. The van der Waals surface area contributed by atoms with Crippen LogP contribution in [-0.2, 0) is 4.79 Å². The second-order valence-corrected chi connectivity index (χ2v) is 8.22. The molecule has 1 N–H and O–H groups in total. The van der Waals surface area contributed by atoms with Gasteiger partial charge < -0.3 is 14.6 Å². The maximum atomic E-state index is 12.7. The van der Waals surface area contributed by atoms with E-state index in [1.807, 2.05) is 24.3 Å². The molecule has 0 saturated carbocycles. The molecule has 1 aliphatic heterocycles. The van der Waals surface area contributed by atoms with Gasteiger partial charge in [0.15, 0.2) is 0 Å². The van der Waals surface area contributed by atoms with Gasteiger partial charge in [0.1, 0.15) is 5.82 Å². The van der Waals surface area contributed by atoms with Gasteiger partial charge in [-0.3, -0.25) is 4.79 Å². The molecule has 3 aromatic rings. The predicted molar refractivity (Wildman–Crippen MR) is 112 cm³/mol. The second kappa shape index (κ2) is 8.29. The summed E-state index contributed by atoms with van der Waals surface area (Å²) in [6.45, 7) is 9.29. The number of carbonyl (C=O) groups excluding carboxylic acids is 1. The number of carbonyl (C=O) groups is 1. The lowest BCUT2D eigenvalue weighted by atomic mass is 9.95. The first-order chi connectivity index (χ1) is 14.0. The summed E-state index contributed by atoms with van der Waals surface area (Å²) in [6, 6.07) is 7.77. The smallest absolute Gasteiger partial charge is 0.247 e. The number of aryl methyl sites for hydroxylation is 1. The van der Waals surface area contributed by atoms with Crippen LogP contribution in [0.1, 0.15) is 32.6 Å². The van der Waals surface area contributed by atoms with Gasteiger partial charge in [0.25, 0.3) is 0 Å². The van der Waals surface area contributed by atoms with Crippen molar-refractivity contribution in [3.05, 3.63) is 36.4 Å². The molecule has 1 amide bonds. The lowest BCUT2D eigenvalue weighted by molar-refractivity contribution is -0.121. The zero-order valence-corrected chi connectivity index (χ0v) is 17.2. The van der Waals surface area contributed by atoms with E-state index in [-0.39, 0.29) is 11.8 Å². The minimum Gasteiger partial charge on any atom is -0.421 e. The molecule has 3 heterocycles. The average Bonchev–Trinajstić information content (AvgIpc) is 3.14. The first kappa shape index (κ1) is 19.5. The quantitative estimate of drug-likeness (QED) is 0.708. The van der Waals surface area contributed by atoms with Gasteiger partial charge in [-0.15, -0.1) is 10.2 Å². The van der Waals surface area contributed by atoms with Crippen molar-refractivity contribution < 1.29 is 9.21 Å². The van der Waals surface area contributed by atoms with E-state index in [1.54, 1.807) is 13.1 Å². The van der Waals surface area contributed by atoms with Crippen LogP contribution in [0.2, 0.25) is 0 Å². The summed E-state index contributed by atoms with van der Waals surface area (Å²) in [4.78, 5) is 19.6. The number of hydrogen-bond acceptors (Lipinski definition) is 6. The third-order valence-corrected chi connectivity index (χ3v) is 5.33. The molecule has 0 unspecified atom stereocenters. The Labute approximate surface area is 170 Å². The summed E-state index contributed by atoms with van der Waals surface area (Å²) < 4.78 is 5.51. The van der Waals surface area contributed by atoms with Crippen molar-refractivity contribution in [3.8, 4) is 11.5 Å². The number of likely N-dealkylation sites (tertiary alicyclic amines) is 1. The summed E-state index contributed by atoms with van der Waals surface area (Å²) in [5, 5.41) is 12.9. The average molecular weight is 393 g/mol.